The second kappa shape index (κ2) is 70.9. The Morgan fingerprint density at radius 1 is 1.00 bits per heavy atom. The van der Waals surface area contributed by atoms with E-state index < -0.39 is 0 Å². The molecule has 6 heteroatoms. The first-order valence-corrected chi connectivity index (χ1v) is 0.338. The summed E-state index contributed by atoms with van der Waals surface area (Å²) in [6, 6.07) is 0. The molecule has 0 aliphatic rings. The third kappa shape index (κ3) is 41.4. The van der Waals surface area contributed by atoms with Crippen molar-refractivity contribution in [1.82, 2.24) is 0 Å². The van der Waals surface area contributed by atoms with Crippen LogP contribution in [-0.2, 0) is 0 Å². The van der Waals surface area contributed by atoms with E-state index in [-0.39, 0.29) is 65.7 Å². The largest absolute Gasteiger partial charge is 2.00 e. The minimum Gasteiger partial charge on any atom is -1.00 e. The predicted molar refractivity (Wildman–Crippen MR) is 24.6 cm³/mol. The molecule has 6 heavy (non-hydrogen) atoms. The Kier molecular flexibility index (Phi) is 295. The number of hydrogen-bond acceptors (Lipinski definition) is 2. The van der Waals surface area contributed by atoms with Gasteiger partial charge in [0.15, 0.2) is 17.4 Å². The molecule has 0 aliphatic carbocycles. The van der Waals surface area contributed by atoms with Crippen LogP contribution >= 0.6 is 0 Å². The first-order chi connectivity index (χ1) is 2.00. The van der Waals surface area contributed by atoms with Crippen LogP contribution in [0.25, 0.3) is 0 Å². The summed E-state index contributed by atoms with van der Waals surface area (Å²) in [5.74, 6) is 0. The smallest absolute Gasteiger partial charge is 1.00 e. The molecule has 0 spiro atoms. The van der Waals surface area contributed by atoms with Crippen LogP contribution in [0.1, 0.15) is 2.85 Å². The molecular formula is H7AlF2O2Sr. The van der Waals surface area contributed by atoms with Crippen LogP contribution < -0.4 is 0 Å². The molecule has 0 bridgehead atoms. The Balaban J connectivity index is -0.00000000167. The first-order valence-electron chi connectivity index (χ1n) is 0.338. The van der Waals surface area contributed by atoms with E-state index in [2.05, 4.69) is 0 Å². The molecule has 0 aromatic heterocycles. The quantitative estimate of drug-likeness (QED) is 0.453. The Labute approximate surface area is 84.3 Å². The van der Waals surface area contributed by atoms with E-state index in [9.17, 15) is 0 Å². The maximum absolute atomic E-state index is 8.50. The van der Waals surface area contributed by atoms with Gasteiger partial charge in [0.25, 0.3) is 0 Å². The van der Waals surface area contributed by atoms with Gasteiger partial charge in [-0.15, -0.1) is 0 Å². The zero-order valence-corrected chi connectivity index (χ0v) is 5.83. The van der Waals surface area contributed by atoms with Crippen LogP contribution in [0.2, 0.25) is 0 Å². The minimum absolute atomic E-state index is 0. The Morgan fingerprint density at radius 3 is 1.00 bits per heavy atom. The van der Waals surface area contributed by atoms with Crippen molar-refractivity contribution >= 4 is 62.8 Å². The second-order valence-electron chi connectivity index (χ2n) is 0. The Hall–Kier alpha value is 1.79. The third-order valence-corrected chi connectivity index (χ3v) is 0. The molecule has 0 aromatic carbocycles. The van der Waals surface area contributed by atoms with Gasteiger partial charge >= 0.3 is 45.5 Å². The normalized spacial score (nSPS) is 2.00. The molecule has 0 saturated heterocycles. The molecule has 0 fully saturated rings. The van der Waals surface area contributed by atoms with Gasteiger partial charge in [0.2, 0.25) is 0 Å². The zero-order valence-electron chi connectivity index (χ0n) is 4.36. The van der Waals surface area contributed by atoms with Gasteiger partial charge in [-0.05, 0) is 0 Å². The third-order valence-electron chi connectivity index (χ3n) is 0. The van der Waals surface area contributed by atoms with Crippen molar-refractivity contribution < 1.29 is 22.5 Å². The number of rotatable bonds is 0. The molecule has 0 aliphatic heterocycles. The molecule has 0 rings (SSSR count). The maximum Gasteiger partial charge on any atom is 2.00 e. The fourth-order valence-electron chi connectivity index (χ4n) is 0. The average Bonchev–Trinajstić information content (AvgIpc) is 1.50. The standard InChI is InChI=1S/Al.2FHO.Sr.5H/c;2*1-2;;;;;;/h;2*2H;;;;;;/q;;;+2;;;;2*-1. The summed E-state index contributed by atoms with van der Waals surface area (Å²) in [5.41, 5.74) is 0. The summed E-state index contributed by atoms with van der Waals surface area (Å²) in [4.78, 5) is 0. The average molecular weight is 192 g/mol. The van der Waals surface area contributed by atoms with E-state index in [0.717, 1.165) is 0 Å². The summed E-state index contributed by atoms with van der Waals surface area (Å²) >= 11 is 0. The summed E-state index contributed by atoms with van der Waals surface area (Å²) in [5, 5.41) is 11.0. The van der Waals surface area contributed by atoms with Gasteiger partial charge in [0.05, 0.1) is 0 Å². The summed E-state index contributed by atoms with van der Waals surface area (Å²) < 4.78 is 17.0. The summed E-state index contributed by atoms with van der Waals surface area (Å²) in [6.45, 7) is 0. The molecule has 2 N–H and O–H groups in total. The van der Waals surface area contributed by atoms with Crippen LogP contribution in [0.15, 0.2) is 0 Å². The van der Waals surface area contributed by atoms with Crippen molar-refractivity contribution in [2.24, 2.45) is 0 Å². The molecule has 2 nitrogen and oxygen atoms in total. The van der Waals surface area contributed by atoms with Gasteiger partial charge in [-0.25, -0.2) is 10.6 Å². The molecule has 0 heterocycles. The van der Waals surface area contributed by atoms with E-state index in [1.165, 1.54) is 0 Å². The van der Waals surface area contributed by atoms with Gasteiger partial charge < -0.3 is 2.85 Å². The van der Waals surface area contributed by atoms with Crippen molar-refractivity contribution in [1.29, 1.82) is 0 Å². The molecule has 0 aromatic rings. The monoisotopic (exact) mass is 192 g/mol. The van der Waals surface area contributed by atoms with E-state index >= 15 is 0 Å². The molecular weight excluding hydrogens is 185 g/mol. The van der Waals surface area contributed by atoms with Crippen molar-refractivity contribution in [2.75, 3.05) is 0 Å². The van der Waals surface area contributed by atoms with E-state index in [4.69, 9.17) is 19.7 Å². The van der Waals surface area contributed by atoms with Crippen LogP contribution in [0.3, 0.4) is 0 Å². The van der Waals surface area contributed by atoms with E-state index in [1.54, 1.807) is 0 Å². The SMILES string of the molecule is OF.OF.[AlH3].[H-].[H-].[Sr+2]. The van der Waals surface area contributed by atoms with Crippen LogP contribution in [-0.4, -0.2) is 73.5 Å². The van der Waals surface area contributed by atoms with Crippen molar-refractivity contribution in [3.05, 3.63) is 0 Å². The minimum atomic E-state index is 0. The van der Waals surface area contributed by atoms with Crippen LogP contribution in [0, 0.1) is 0 Å². The van der Waals surface area contributed by atoms with Crippen molar-refractivity contribution in [2.45, 2.75) is 0 Å². The van der Waals surface area contributed by atoms with Crippen molar-refractivity contribution in [3.8, 4) is 0 Å². The fraction of sp³-hybridized carbons (Fsp3) is 0. The molecule has 0 atom stereocenters. The molecule has 0 radical (unpaired) electrons. The van der Waals surface area contributed by atoms with Gasteiger partial charge in [-0.1, -0.05) is 9.05 Å². The summed E-state index contributed by atoms with van der Waals surface area (Å²) in [7, 11) is 0. The first kappa shape index (κ1) is 25.0. The molecule has 0 amide bonds. The van der Waals surface area contributed by atoms with Crippen LogP contribution in [0.4, 0.5) is 9.05 Å². The van der Waals surface area contributed by atoms with Gasteiger partial charge in [-0.3, -0.25) is 0 Å². The molecule has 38 valence electrons. The Morgan fingerprint density at radius 2 is 1.00 bits per heavy atom. The second-order valence-corrected chi connectivity index (χ2v) is 0. The summed E-state index contributed by atoms with van der Waals surface area (Å²) in [6.07, 6.45) is 0. The number of halogens is 2. The van der Waals surface area contributed by atoms with E-state index in [0.29, 0.717) is 0 Å². The number of hydrogen-bond donors (Lipinski definition) is 2. The van der Waals surface area contributed by atoms with E-state index in [1.807, 2.05) is 0 Å². The predicted octanol–water partition coefficient (Wildman–Crippen LogP) is -1.61. The Bertz CT molecular complexity index is 18.0. The molecule has 0 saturated carbocycles. The van der Waals surface area contributed by atoms with Crippen molar-refractivity contribution in [3.63, 3.8) is 0 Å². The zero-order chi connectivity index (χ0) is 4.00. The van der Waals surface area contributed by atoms with Crippen LogP contribution in [0.5, 0.6) is 0 Å². The fourth-order valence-corrected chi connectivity index (χ4v) is 0. The van der Waals surface area contributed by atoms with Gasteiger partial charge in [0, 0.05) is 0 Å². The van der Waals surface area contributed by atoms with Gasteiger partial charge in [-0.2, -0.15) is 0 Å². The maximum atomic E-state index is 8.50. The van der Waals surface area contributed by atoms with Gasteiger partial charge in [0.1, 0.15) is 0 Å². The topological polar surface area (TPSA) is 40.5 Å². The molecule has 0 unspecified atom stereocenters.